The van der Waals surface area contributed by atoms with Crippen LogP contribution in [0.25, 0.3) is 0 Å². The van der Waals surface area contributed by atoms with Crippen molar-refractivity contribution in [1.29, 1.82) is 0 Å². The van der Waals surface area contributed by atoms with Crippen LogP contribution in [0.1, 0.15) is 19.3 Å². The minimum absolute atomic E-state index is 0.509. The molecule has 1 fully saturated rings. The van der Waals surface area contributed by atoms with Crippen LogP contribution in [-0.2, 0) is 4.79 Å². The van der Waals surface area contributed by atoms with E-state index >= 15 is 0 Å². The fraction of sp³-hybridized carbons (Fsp3) is 0.417. The Balaban J connectivity index is 2.32. The first-order valence-corrected chi connectivity index (χ1v) is 5.17. The third-order valence-corrected chi connectivity index (χ3v) is 3.03. The molecular weight excluding hydrogens is 174 g/mol. The predicted molar refractivity (Wildman–Crippen MR) is 56.7 cm³/mol. The van der Waals surface area contributed by atoms with Crippen LogP contribution in [-0.4, -0.2) is 19.5 Å². The molecule has 2 nitrogen and oxygen atoms in total. The third-order valence-electron chi connectivity index (χ3n) is 3.03. The summed E-state index contributed by atoms with van der Waals surface area (Å²) in [7, 11) is 0. The highest BCUT2D eigenvalue weighted by molar-refractivity contribution is 5.69. The van der Waals surface area contributed by atoms with E-state index in [1.54, 1.807) is 0 Å². The maximum absolute atomic E-state index is 11.2. The number of nitrogens with zero attached hydrogens (tertiary/aromatic N) is 1. The van der Waals surface area contributed by atoms with Gasteiger partial charge in [-0.1, -0.05) is 0 Å². The van der Waals surface area contributed by atoms with Crippen molar-refractivity contribution in [1.82, 2.24) is 4.48 Å². The molecule has 1 heterocycles. The SMILES string of the molecule is O=C[N+]1(c2cc[c]cc2)CCCCC1. The van der Waals surface area contributed by atoms with Crippen molar-refractivity contribution in [3.05, 3.63) is 30.3 Å². The van der Waals surface area contributed by atoms with Gasteiger partial charge in [0.25, 0.3) is 0 Å². The average Bonchev–Trinajstić information content (AvgIpc) is 2.31. The number of benzene rings is 1. The van der Waals surface area contributed by atoms with Gasteiger partial charge in [0, 0.05) is 12.1 Å². The van der Waals surface area contributed by atoms with Gasteiger partial charge in [-0.25, -0.2) is 9.28 Å². The van der Waals surface area contributed by atoms with Crippen LogP contribution in [0.2, 0.25) is 0 Å². The van der Waals surface area contributed by atoms with E-state index in [9.17, 15) is 4.79 Å². The Labute approximate surface area is 84.7 Å². The number of carbonyl (C=O) groups is 1. The van der Waals surface area contributed by atoms with E-state index < -0.39 is 0 Å². The molecule has 1 aliphatic heterocycles. The zero-order chi connectivity index (χ0) is 9.86. The van der Waals surface area contributed by atoms with Crippen LogP contribution in [0.3, 0.4) is 0 Å². The normalized spacial score (nSPS) is 20.3. The van der Waals surface area contributed by atoms with Crippen LogP contribution >= 0.6 is 0 Å². The van der Waals surface area contributed by atoms with Crippen molar-refractivity contribution in [3.8, 4) is 0 Å². The van der Waals surface area contributed by atoms with Crippen molar-refractivity contribution in [2.45, 2.75) is 19.3 Å². The number of piperidine rings is 1. The fourth-order valence-corrected chi connectivity index (χ4v) is 2.18. The summed E-state index contributed by atoms with van der Waals surface area (Å²) in [6, 6.07) is 10.8. The Morgan fingerprint density at radius 1 is 1.14 bits per heavy atom. The molecular formula is C12H15NO+. The number of likely N-dealkylation sites (tertiary alicyclic amines) is 1. The second-order valence-electron chi connectivity index (χ2n) is 3.91. The molecule has 1 saturated heterocycles. The number of hydrogen-bond donors (Lipinski definition) is 0. The molecule has 0 saturated carbocycles. The number of rotatable bonds is 2. The molecule has 0 unspecified atom stereocenters. The number of amides is 1. The van der Waals surface area contributed by atoms with Crippen LogP contribution in [0.4, 0.5) is 5.69 Å². The van der Waals surface area contributed by atoms with Gasteiger partial charge in [-0.2, -0.15) is 0 Å². The third kappa shape index (κ3) is 1.58. The summed E-state index contributed by atoms with van der Waals surface area (Å²) in [5, 5.41) is 0. The van der Waals surface area contributed by atoms with Gasteiger partial charge in [0.2, 0.25) is 0 Å². The highest BCUT2D eigenvalue weighted by atomic mass is 16.1. The number of quaternary nitrogens is 1. The number of carbonyl (C=O) groups excluding carboxylic acids is 1. The molecule has 1 aromatic carbocycles. The highest BCUT2D eigenvalue weighted by Gasteiger charge is 2.31. The Hall–Kier alpha value is -1.15. The summed E-state index contributed by atoms with van der Waals surface area (Å²) in [5.74, 6) is 0. The van der Waals surface area contributed by atoms with Crippen molar-refractivity contribution in [3.63, 3.8) is 0 Å². The topological polar surface area (TPSA) is 17.1 Å². The predicted octanol–water partition coefficient (Wildman–Crippen LogP) is 2.13. The second-order valence-corrected chi connectivity index (χ2v) is 3.91. The lowest BCUT2D eigenvalue weighted by atomic mass is 10.1. The minimum Gasteiger partial charge on any atom is -0.233 e. The fourth-order valence-electron chi connectivity index (χ4n) is 2.18. The van der Waals surface area contributed by atoms with E-state index in [1.165, 1.54) is 6.42 Å². The summed E-state index contributed by atoms with van der Waals surface area (Å²) in [4.78, 5) is 11.2. The Kier molecular flexibility index (Phi) is 2.64. The first-order valence-electron chi connectivity index (χ1n) is 5.17. The minimum atomic E-state index is 0.509. The van der Waals surface area contributed by atoms with Crippen LogP contribution in [0, 0.1) is 6.07 Å². The monoisotopic (exact) mass is 189 g/mol. The highest BCUT2D eigenvalue weighted by Crippen LogP contribution is 2.25. The lowest BCUT2D eigenvalue weighted by molar-refractivity contribution is -0.118. The zero-order valence-electron chi connectivity index (χ0n) is 8.28. The molecule has 0 spiro atoms. The lowest BCUT2D eigenvalue weighted by Crippen LogP contribution is -2.51. The van der Waals surface area contributed by atoms with Crippen molar-refractivity contribution >= 4 is 12.1 Å². The number of hydrogen-bond acceptors (Lipinski definition) is 1. The Bertz CT molecular complexity index is 301. The van der Waals surface area contributed by atoms with Gasteiger partial charge < -0.3 is 0 Å². The molecule has 14 heavy (non-hydrogen) atoms. The molecule has 1 aliphatic rings. The molecule has 0 bridgehead atoms. The van der Waals surface area contributed by atoms with Gasteiger partial charge in [0.15, 0.2) is 0 Å². The maximum Gasteiger partial charge on any atom is 0.306 e. The first-order chi connectivity index (χ1) is 6.87. The van der Waals surface area contributed by atoms with Crippen LogP contribution in [0.5, 0.6) is 0 Å². The summed E-state index contributed by atoms with van der Waals surface area (Å²) in [6.07, 6.45) is 4.65. The van der Waals surface area contributed by atoms with Gasteiger partial charge in [0.05, 0.1) is 13.1 Å². The van der Waals surface area contributed by atoms with Gasteiger partial charge in [-0.15, -0.1) is 0 Å². The molecule has 0 atom stereocenters. The van der Waals surface area contributed by atoms with Gasteiger partial charge in [-0.05, 0) is 37.5 Å². The average molecular weight is 189 g/mol. The molecule has 1 radical (unpaired) electrons. The maximum atomic E-state index is 11.2. The van der Waals surface area contributed by atoms with E-state index in [0.717, 1.165) is 38.0 Å². The van der Waals surface area contributed by atoms with Crippen LogP contribution in [0.15, 0.2) is 24.3 Å². The van der Waals surface area contributed by atoms with E-state index in [1.807, 2.05) is 24.3 Å². The molecule has 73 valence electrons. The van der Waals surface area contributed by atoms with E-state index in [0.29, 0.717) is 4.48 Å². The van der Waals surface area contributed by atoms with Gasteiger partial charge in [-0.3, -0.25) is 0 Å². The van der Waals surface area contributed by atoms with Crippen molar-refractivity contribution < 1.29 is 4.79 Å². The molecule has 0 N–H and O–H groups in total. The molecule has 2 rings (SSSR count). The van der Waals surface area contributed by atoms with E-state index in [4.69, 9.17) is 0 Å². The summed E-state index contributed by atoms with van der Waals surface area (Å²) < 4.78 is 0.509. The molecule has 0 aromatic heterocycles. The Morgan fingerprint density at radius 2 is 1.79 bits per heavy atom. The summed E-state index contributed by atoms with van der Waals surface area (Å²) in [5.41, 5.74) is 1.11. The quantitative estimate of drug-likeness (QED) is 0.514. The molecule has 1 amide bonds. The first kappa shape index (κ1) is 9.41. The molecule has 1 aromatic rings. The Morgan fingerprint density at radius 3 is 2.36 bits per heavy atom. The molecule has 2 heteroatoms. The lowest BCUT2D eigenvalue weighted by Gasteiger charge is -2.34. The molecule has 0 aliphatic carbocycles. The van der Waals surface area contributed by atoms with Crippen molar-refractivity contribution in [2.75, 3.05) is 13.1 Å². The van der Waals surface area contributed by atoms with E-state index in [-0.39, 0.29) is 0 Å². The summed E-state index contributed by atoms with van der Waals surface area (Å²) in [6.45, 7) is 1.90. The van der Waals surface area contributed by atoms with Crippen LogP contribution < -0.4 is 4.48 Å². The van der Waals surface area contributed by atoms with E-state index in [2.05, 4.69) is 6.07 Å². The van der Waals surface area contributed by atoms with Crippen molar-refractivity contribution in [2.24, 2.45) is 0 Å². The standard InChI is InChI=1S/C12H15NO/c14-11-13(9-5-2-6-10-13)12-7-3-1-4-8-12/h3-4,7-8,11H,2,5-6,9-10H2/q+1. The summed E-state index contributed by atoms with van der Waals surface area (Å²) >= 11 is 0. The zero-order valence-corrected chi connectivity index (χ0v) is 8.28. The largest absolute Gasteiger partial charge is 0.306 e. The second kappa shape index (κ2) is 3.93. The van der Waals surface area contributed by atoms with Gasteiger partial charge >= 0.3 is 6.41 Å². The van der Waals surface area contributed by atoms with Gasteiger partial charge in [0.1, 0.15) is 5.69 Å². The smallest absolute Gasteiger partial charge is 0.233 e.